The second-order valence-electron chi connectivity index (χ2n) is 28.5. The predicted octanol–water partition coefficient (Wildman–Crippen LogP) is 16.2. The number of benzene rings is 6. The summed E-state index contributed by atoms with van der Waals surface area (Å²) in [5, 5.41) is 6.01. The van der Waals surface area contributed by atoms with Crippen LogP contribution in [-0.2, 0) is 46.1 Å². The second-order valence-corrected chi connectivity index (χ2v) is 33.3. The van der Waals surface area contributed by atoms with E-state index in [1.54, 1.807) is 15.4 Å². The van der Waals surface area contributed by atoms with E-state index in [1.165, 1.54) is 113 Å². The summed E-state index contributed by atoms with van der Waals surface area (Å²) in [5.41, 5.74) is 30.0. The van der Waals surface area contributed by atoms with Gasteiger partial charge in [-0.15, -0.1) is 49.6 Å². The van der Waals surface area contributed by atoms with Crippen molar-refractivity contribution >= 4 is 142 Å². The summed E-state index contributed by atoms with van der Waals surface area (Å²) in [6.07, 6.45) is 27.9. The first-order chi connectivity index (χ1) is 50.1. The van der Waals surface area contributed by atoms with Crippen LogP contribution in [0.1, 0.15) is 152 Å². The van der Waals surface area contributed by atoms with Gasteiger partial charge < -0.3 is 40.7 Å². The molecule has 0 radical (unpaired) electrons. The molecule has 3 aliphatic carbocycles. The number of hydrogen-bond acceptors (Lipinski definition) is 11. The number of alkyl carbamates (subject to hydrolysis) is 1. The number of likely N-dealkylation sites (tertiary alicyclic amines) is 5. The van der Waals surface area contributed by atoms with Crippen molar-refractivity contribution in [1.29, 1.82) is 0 Å². The molecule has 5 saturated heterocycles. The Bertz CT molecular complexity index is 4030. The Hall–Kier alpha value is -7.05. The van der Waals surface area contributed by atoms with Crippen molar-refractivity contribution in [3.8, 4) is 0 Å². The molecule has 5 aliphatic heterocycles. The molecule has 1 atom stereocenters. The van der Waals surface area contributed by atoms with Gasteiger partial charge in [0.15, 0.2) is 0 Å². The number of rotatable bonds is 13. The summed E-state index contributed by atoms with van der Waals surface area (Å²) in [6.45, 7) is 19.4. The number of carbonyl (C=O) groups is 5. The number of nitrogens with two attached hydrogens (primary N) is 1. The average molecular weight is 1720 g/mol. The van der Waals surface area contributed by atoms with Crippen LogP contribution in [0.5, 0.6) is 0 Å². The number of carbonyl (C=O) groups excluding carboxylic acids is 5. The molecule has 6 aromatic carbocycles. The molecule has 0 bridgehead atoms. The molecule has 8 aliphatic rings. The number of piperidine rings is 5. The zero-order chi connectivity index (χ0) is 72.1. The Morgan fingerprint density at radius 1 is 0.458 bits per heavy atom. The number of halogens is 4. The fraction of sp³-hybridized carbons (Fsp3) is 0.372. The molecule has 0 spiro atoms. The van der Waals surface area contributed by atoms with E-state index >= 15 is 0 Å². The van der Waals surface area contributed by atoms with E-state index in [2.05, 4.69) is 214 Å². The van der Waals surface area contributed by atoms with Crippen molar-refractivity contribution in [2.24, 2.45) is 17.6 Å². The number of nitrogens with one attached hydrogen (secondary N) is 2. The van der Waals surface area contributed by atoms with Gasteiger partial charge in [0.25, 0.3) is 0 Å². The van der Waals surface area contributed by atoms with Crippen LogP contribution in [-0.4, -0.2) is 166 Å². The number of nitrogens with zero attached hydrogens (tertiary/aromatic N) is 5. The fourth-order valence-corrected chi connectivity index (χ4v) is 16.2. The first kappa shape index (κ1) is 87.2. The van der Waals surface area contributed by atoms with Gasteiger partial charge in [-0.2, -0.15) is 0 Å². The third-order valence-corrected chi connectivity index (χ3v) is 21.7. The van der Waals surface area contributed by atoms with Crippen molar-refractivity contribution in [2.75, 3.05) is 105 Å². The molecule has 4 amide bonds. The van der Waals surface area contributed by atoms with Gasteiger partial charge in [0.05, 0.1) is 0 Å². The quantitative estimate of drug-likeness (QED) is 0.0741. The van der Waals surface area contributed by atoms with E-state index in [9.17, 15) is 24.0 Å². The number of ether oxygens (including phenoxy) is 1. The van der Waals surface area contributed by atoms with E-state index in [1.807, 2.05) is 20.8 Å². The molecule has 6 aromatic rings. The molecule has 107 heavy (non-hydrogen) atoms. The predicted molar refractivity (Wildman–Crippen MR) is 446 cm³/mol. The van der Waals surface area contributed by atoms with Crippen molar-refractivity contribution in [2.45, 2.75) is 90.6 Å². The minimum atomic E-state index is -0.462. The van der Waals surface area contributed by atoms with Gasteiger partial charge in [-0.1, -0.05) is 199 Å². The average Bonchev–Trinajstić information content (AvgIpc) is 1.73. The zero-order valence-electron chi connectivity index (χ0n) is 61.8. The Balaban J connectivity index is 0.000000204. The maximum atomic E-state index is 12.5. The molecule has 15 nitrogen and oxygen atoms in total. The van der Waals surface area contributed by atoms with Gasteiger partial charge in [-0.3, -0.25) is 9.59 Å². The third kappa shape index (κ3) is 24.2. The van der Waals surface area contributed by atoms with Crippen LogP contribution in [0.15, 0.2) is 162 Å². The van der Waals surface area contributed by atoms with Crippen LogP contribution in [0, 0.1) is 18.1 Å². The van der Waals surface area contributed by atoms with Crippen molar-refractivity contribution in [1.82, 2.24) is 35.1 Å². The summed E-state index contributed by atoms with van der Waals surface area (Å²) in [6, 6.07) is 52.4. The molecule has 0 saturated carbocycles. The standard InChI is InChI=1S/C29H33N3O2.C27H32N2O2.C22H24N2.C8H12NO3S.4ClH.W/c33-21-32-18-13-25(14-19-32)29(34)30-15-20-31-16-11-24(12-17-31)28-26-7-3-1-5-22(26)9-10-23-6-2-4-8-27(23)28;1-27(2,3)31-26(30)28-16-19-29-17-14-22(15-18-29)25-23-10-6-4-8-20(23)12-13-21-9-5-7-11-24(21)25;23-13-16-24-14-11-19(12-15-24)22-20-7-3-1-5-17(20)9-10-18-6-2-4-8-21(18)22;1-13-12-8(11)7-2-4-9(6-10)5-3-7;;;;;/h1-10,21,25H,11-20H2,(H,30,34);4-13H,14-19H2,1-3H3,(H,28,30);1-10H,11-16,23H2;6-7H,1-5H2;4*1H;/q;;;-1;;;;;. The Morgan fingerprint density at radius 3 is 1.02 bits per heavy atom. The number of amides is 4. The normalized spacial score (nSPS) is 17.2. The molecular formula is C86H105Cl4N8O7SW-. The van der Waals surface area contributed by atoms with Crippen LogP contribution < -0.4 is 16.4 Å². The zero-order valence-corrected chi connectivity index (χ0v) is 68.9. The van der Waals surface area contributed by atoms with Gasteiger partial charge in [-0.05, 0) is 156 Å². The first-order valence-corrected chi connectivity index (χ1v) is 41.7. The molecule has 5 heterocycles. The Labute approximate surface area is 671 Å². The topological polar surface area (TPSA) is 170 Å². The maximum absolute atomic E-state index is 12.5. The van der Waals surface area contributed by atoms with Gasteiger partial charge in [0.2, 0.25) is 12.3 Å². The molecule has 21 heteroatoms. The van der Waals surface area contributed by atoms with Gasteiger partial charge in [0.1, 0.15) is 5.60 Å². The molecular weight excluding hydrogens is 1610 g/mol. The molecule has 0 aromatic heterocycles. The third-order valence-electron chi connectivity index (χ3n) is 20.7. The van der Waals surface area contributed by atoms with Gasteiger partial charge in [0, 0.05) is 97.5 Å². The van der Waals surface area contributed by atoms with Crippen LogP contribution in [0.3, 0.4) is 0 Å². The van der Waals surface area contributed by atoms with Gasteiger partial charge in [-0.25, -0.2) is 4.79 Å². The molecule has 572 valence electrons. The summed E-state index contributed by atoms with van der Waals surface area (Å²) in [7, 11) is -0.457. The number of hydrogen-bond donors (Lipinski definition) is 3. The van der Waals surface area contributed by atoms with E-state index in [4.69, 9.17) is 14.7 Å². The molecule has 1 unspecified atom stereocenters. The first-order valence-electron chi connectivity index (χ1n) is 36.8. The molecule has 14 rings (SSSR count). The second kappa shape index (κ2) is 43.4. The Kier molecular flexibility index (Phi) is 35.3. The van der Waals surface area contributed by atoms with E-state index in [-0.39, 0.29) is 79.4 Å². The van der Waals surface area contributed by atoms with Crippen LogP contribution in [0.2, 0.25) is 0 Å². The van der Waals surface area contributed by atoms with Gasteiger partial charge >= 0.3 is 102 Å². The van der Waals surface area contributed by atoms with Crippen molar-refractivity contribution < 1.29 is 50.9 Å². The SMILES string of the molecule is CC(C)(C)OC(=O)NCCN1CCC(=C2c3ccccc3C=Cc3ccccc32)CC1.Cl.Cl.Cl.Cl.NCCN1CCC(=C2c3ccccc3C=Cc3ccccc32)CC1.O=CN1CCC(C(=O)NCCN2CCC(=C3c4ccccc4C=Cc4ccccc43)CC2)CC1.[CH2-][S](=[W])OC(=O)C1CCN(C=O)CC1. The molecule has 4 N–H and O–H groups in total. The van der Waals surface area contributed by atoms with E-state index in [0.29, 0.717) is 52.1 Å². The van der Waals surface area contributed by atoms with Crippen LogP contribution in [0.4, 0.5) is 4.79 Å². The van der Waals surface area contributed by atoms with Crippen molar-refractivity contribution in [3.63, 3.8) is 0 Å². The Morgan fingerprint density at radius 2 is 0.738 bits per heavy atom. The van der Waals surface area contributed by atoms with Crippen LogP contribution in [0.25, 0.3) is 53.2 Å². The summed E-state index contributed by atoms with van der Waals surface area (Å²) in [4.78, 5) is 67.9. The monoisotopic (exact) mass is 1720 g/mol. The minimum absolute atomic E-state index is 0. The van der Waals surface area contributed by atoms with Crippen LogP contribution >= 0.6 is 58.0 Å². The fourth-order valence-electron chi connectivity index (χ4n) is 15.2. The van der Waals surface area contributed by atoms with E-state index < -0.39 is 14.0 Å². The van der Waals surface area contributed by atoms with Crippen molar-refractivity contribution in [3.05, 3.63) is 235 Å². The summed E-state index contributed by atoms with van der Waals surface area (Å²) >= 11 is 1.18. The summed E-state index contributed by atoms with van der Waals surface area (Å²) in [5.74, 6) is -0.00593. The van der Waals surface area contributed by atoms with E-state index in [0.717, 1.165) is 130 Å². The summed E-state index contributed by atoms with van der Waals surface area (Å²) < 4.78 is 10.4. The number of fused-ring (bicyclic) bond motifs is 6. The molecule has 5 fully saturated rings.